The summed E-state index contributed by atoms with van der Waals surface area (Å²) in [6.07, 6.45) is 3.65. The summed E-state index contributed by atoms with van der Waals surface area (Å²) < 4.78 is 24.5. The Morgan fingerprint density at radius 2 is 1.83 bits per heavy atom. The van der Waals surface area contributed by atoms with Crippen LogP contribution in [-0.4, -0.2) is 66.4 Å². The van der Waals surface area contributed by atoms with E-state index in [0.717, 1.165) is 31.7 Å². The second-order valence-corrected chi connectivity index (χ2v) is 10.2. The number of hydrogen-bond acceptors (Lipinski definition) is 5. The van der Waals surface area contributed by atoms with Gasteiger partial charge in [-0.05, 0) is 17.0 Å². The molecule has 0 aromatic carbocycles. The molecule has 0 radical (unpaired) electrons. The number of aromatic nitrogens is 1. The third-order valence-corrected chi connectivity index (χ3v) is 6.39. The van der Waals surface area contributed by atoms with E-state index in [0.29, 0.717) is 11.5 Å². The molecule has 3 rings (SSSR count). The van der Waals surface area contributed by atoms with E-state index < -0.39 is 9.84 Å². The average molecular weight is 337 g/mol. The number of pyridine rings is 1. The Morgan fingerprint density at radius 1 is 1.17 bits per heavy atom. The molecule has 0 spiro atoms. The molecule has 2 atom stereocenters. The van der Waals surface area contributed by atoms with Gasteiger partial charge in [0, 0.05) is 50.7 Å². The Kier molecular flexibility index (Phi) is 4.51. The minimum Gasteiger partial charge on any atom is -0.296 e. The average Bonchev–Trinajstić information content (AvgIpc) is 2.77. The molecular weight excluding hydrogens is 310 g/mol. The van der Waals surface area contributed by atoms with Crippen molar-refractivity contribution < 1.29 is 8.42 Å². The second-order valence-electron chi connectivity index (χ2n) is 8.07. The maximum absolute atomic E-state index is 12.2. The lowest BCUT2D eigenvalue weighted by atomic mass is 9.93. The fourth-order valence-corrected chi connectivity index (χ4v) is 5.87. The van der Waals surface area contributed by atoms with Crippen molar-refractivity contribution in [3.63, 3.8) is 0 Å². The summed E-state index contributed by atoms with van der Waals surface area (Å²) in [5, 5.41) is 0. The molecule has 2 fully saturated rings. The Hall–Kier alpha value is -0.980. The van der Waals surface area contributed by atoms with Crippen LogP contribution in [-0.2, 0) is 16.4 Å². The minimum atomic E-state index is -2.94. The molecular formula is C17H27N3O2S. The summed E-state index contributed by atoms with van der Waals surface area (Å²) in [4.78, 5) is 8.91. The lowest BCUT2D eigenvalue weighted by Gasteiger charge is -2.46. The van der Waals surface area contributed by atoms with Crippen molar-refractivity contribution in [1.82, 2.24) is 14.8 Å². The molecule has 0 amide bonds. The highest BCUT2D eigenvalue weighted by Gasteiger charge is 2.46. The summed E-state index contributed by atoms with van der Waals surface area (Å²) >= 11 is 0. The van der Waals surface area contributed by atoms with Crippen molar-refractivity contribution in [1.29, 1.82) is 0 Å². The Balaban J connectivity index is 1.78. The van der Waals surface area contributed by atoms with Crippen LogP contribution in [0.1, 0.15) is 26.3 Å². The molecule has 0 bridgehead atoms. The molecule has 23 heavy (non-hydrogen) atoms. The van der Waals surface area contributed by atoms with E-state index in [1.54, 1.807) is 6.20 Å². The third kappa shape index (κ3) is 4.11. The standard InChI is InChI=1S/C17H27N3O2S/c1-17(2,3)13-20-8-7-19(10-14-5-4-6-18-9-14)15-11-23(21,22)12-16(15)20/h4-6,9,15-16H,7-8,10-13H2,1-3H3/t15-,16+/m1/s1. The third-order valence-electron chi connectivity index (χ3n) is 4.69. The molecule has 3 heterocycles. The lowest BCUT2D eigenvalue weighted by molar-refractivity contribution is 0.0218. The van der Waals surface area contributed by atoms with Crippen molar-refractivity contribution in [3.05, 3.63) is 30.1 Å². The maximum Gasteiger partial charge on any atom is 0.153 e. The largest absolute Gasteiger partial charge is 0.296 e. The van der Waals surface area contributed by atoms with E-state index in [4.69, 9.17) is 0 Å². The molecule has 0 saturated carbocycles. The van der Waals surface area contributed by atoms with Gasteiger partial charge in [0.05, 0.1) is 11.5 Å². The van der Waals surface area contributed by atoms with Crippen LogP contribution in [0.2, 0.25) is 0 Å². The second kappa shape index (κ2) is 6.15. The molecule has 2 aliphatic rings. The summed E-state index contributed by atoms with van der Waals surface area (Å²) in [6.45, 7) is 10.2. The van der Waals surface area contributed by atoms with Crippen molar-refractivity contribution in [2.45, 2.75) is 39.4 Å². The van der Waals surface area contributed by atoms with Gasteiger partial charge in [-0.3, -0.25) is 14.8 Å². The van der Waals surface area contributed by atoms with Crippen LogP contribution in [0.15, 0.2) is 24.5 Å². The number of hydrogen-bond donors (Lipinski definition) is 0. The first-order valence-corrected chi connectivity index (χ1v) is 10.1. The van der Waals surface area contributed by atoms with E-state index in [-0.39, 0.29) is 17.5 Å². The van der Waals surface area contributed by atoms with E-state index in [9.17, 15) is 8.42 Å². The van der Waals surface area contributed by atoms with E-state index in [1.165, 1.54) is 0 Å². The molecule has 2 aliphatic heterocycles. The minimum absolute atomic E-state index is 0.108. The van der Waals surface area contributed by atoms with E-state index in [1.807, 2.05) is 12.3 Å². The van der Waals surface area contributed by atoms with Gasteiger partial charge in [-0.2, -0.15) is 0 Å². The normalized spacial score (nSPS) is 28.7. The van der Waals surface area contributed by atoms with Gasteiger partial charge in [0.15, 0.2) is 9.84 Å². The van der Waals surface area contributed by atoms with Crippen molar-refractivity contribution in [2.24, 2.45) is 5.41 Å². The van der Waals surface area contributed by atoms with Crippen LogP contribution in [0.5, 0.6) is 0 Å². The molecule has 0 aliphatic carbocycles. The van der Waals surface area contributed by atoms with Crippen molar-refractivity contribution in [2.75, 3.05) is 31.1 Å². The summed E-state index contributed by atoms with van der Waals surface area (Å²) in [6, 6.07) is 4.24. The number of rotatable bonds is 3. The van der Waals surface area contributed by atoms with Crippen molar-refractivity contribution >= 4 is 9.84 Å². The highest BCUT2D eigenvalue weighted by molar-refractivity contribution is 7.91. The summed E-state index contributed by atoms with van der Waals surface area (Å²) in [5.41, 5.74) is 1.34. The smallest absolute Gasteiger partial charge is 0.153 e. The SMILES string of the molecule is CC(C)(C)CN1CCN(Cc2cccnc2)[C@@H]2CS(=O)(=O)C[C@@H]21. The van der Waals surface area contributed by atoms with Gasteiger partial charge in [0.2, 0.25) is 0 Å². The predicted molar refractivity (Wildman–Crippen MR) is 91.9 cm³/mol. The molecule has 0 unspecified atom stereocenters. The Labute approximate surface area is 139 Å². The van der Waals surface area contributed by atoms with Gasteiger partial charge >= 0.3 is 0 Å². The van der Waals surface area contributed by atoms with Gasteiger partial charge in [-0.15, -0.1) is 0 Å². The van der Waals surface area contributed by atoms with Crippen molar-refractivity contribution in [3.8, 4) is 0 Å². The molecule has 0 N–H and O–H groups in total. The number of fused-ring (bicyclic) bond motifs is 1. The van der Waals surface area contributed by atoms with E-state index in [2.05, 4.69) is 41.6 Å². The van der Waals surface area contributed by atoms with Crippen LogP contribution < -0.4 is 0 Å². The number of piperazine rings is 1. The zero-order chi connectivity index (χ0) is 16.7. The highest BCUT2D eigenvalue weighted by Crippen LogP contribution is 2.30. The van der Waals surface area contributed by atoms with Crippen LogP contribution in [0.25, 0.3) is 0 Å². The van der Waals surface area contributed by atoms with Crippen LogP contribution in [0, 0.1) is 5.41 Å². The number of sulfone groups is 1. The Morgan fingerprint density at radius 3 is 2.43 bits per heavy atom. The van der Waals surface area contributed by atoms with Crippen LogP contribution in [0.4, 0.5) is 0 Å². The Bertz CT molecular complexity index is 640. The fraction of sp³-hybridized carbons (Fsp3) is 0.706. The first-order valence-electron chi connectivity index (χ1n) is 8.31. The van der Waals surface area contributed by atoms with Gasteiger partial charge in [-0.25, -0.2) is 8.42 Å². The molecule has 2 saturated heterocycles. The van der Waals surface area contributed by atoms with Gasteiger partial charge in [0.1, 0.15) is 0 Å². The lowest BCUT2D eigenvalue weighted by Crippen LogP contribution is -2.59. The number of nitrogens with zero attached hydrogens (tertiary/aromatic N) is 3. The molecule has 6 heteroatoms. The van der Waals surface area contributed by atoms with Crippen LogP contribution in [0.3, 0.4) is 0 Å². The van der Waals surface area contributed by atoms with Crippen LogP contribution >= 0.6 is 0 Å². The first kappa shape index (κ1) is 16.9. The summed E-state index contributed by atoms with van der Waals surface area (Å²) in [5.74, 6) is 0.593. The zero-order valence-corrected chi connectivity index (χ0v) is 15.1. The van der Waals surface area contributed by atoms with Gasteiger partial charge < -0.3 is 0 Å². The van der Waals surface area contributed by atoms with Gasteiger partial charge in [-0.1, -0.05) is 26.8 Å². The molecule has 5 nitrogen and oxygen atoms in total. The fourth-order valence-electron chi connectivity index (χ4n) is 3.82. The molecule has 1 aromatic heterocycles. The first-order chi connectivity index (χ1) is 10.7. The summed E-state index contributed by atoms with van der Waals surface area (Å²) in [7, 11) is -2.94. The molecule has 128 valence electrons. The maximum atomic E-state index is 12.2. The predicted octanol–water partition coefficient (Wildman–Crippen LogP) is 1.41. The quantitative estimate of drug-likeness (QED) is 0.835. The zero-order valence-electron chi connectivity index (χ0n) is 14.3. The highest BCUT2D eigenvalue weighted by atomic mass is 32.2. The topological polar surface area (TPSA) is 53.5 Å². The monoisotopic (exact) mass is 337 g/mol. The van der Waals surface area contributed by atoms with Gasteiger partial charge in [0.25, 0.3) is 0 Å². The molecule has 1 aromatic rings. The van der Waals surface area contributed by atoms with E-state index >= 15 is 0 Å².